The lowest BCUT2D eigenvalue weighted by Crippen LogP contribution is -2.28. The van der Waals surface area contributed by atoms with Crippen LogP contribution in [0.5, 0.6) is 5.75 Å². The zero-order valence-electron chi connectivity index (χ0n) is 18.2. The van der Waals surface area contributed by atoms with Crippen LogP contribution in [0.15, 0.2) is 77.7 Å². The number of nitrogens with one attached hydrogen (secondary N) is 2. The third-order valence-electron chi connectivity index (χ3n) is 5.42. The van der Waals surface area contributed by atoms with E-state index in [0.29, 0.717) is 27.8 Å². The van der Waals surface area contributed by atoms with E-state index in [1.54, 1.807) is 48.5 Å². The van der Waals surface area contributed by atoms with Crippen LogP contribution in [0.4, 0.5) is 17.1 Å². The maximum atomic E-state index is 12.7. The predicted octanol–water partition coefficient (Wildman–Crippen LogP) is 4.14. The van der Waals surface area contributed by atoms with Crippen LogP contribution < -0.4 is 19.7 Å². The molecule has 0 saturated carbocycles. The number of para-hydroxylation sites is 3. The number of carbonyl (C=O) groups excluding carboxylic acids is 2. The van der Waals surface area contributed by atoms with Crippen LogP contribution in [-0.2, 0) is 19.6 Å². The summed E-state index contributed by atoms with van der Waals surface area (Å²) in [6, 6.07) is 19.4. The minimum atomic E-state index is -3.86. The molecule has 176 valence electrons. The van der Waals surface area contributed by atoms with Gasteiger partial charge in [0.2, 0.25) is 11.8 Å². The van der Waals surface area contributed by atoms with Gasteiger partial charge in [-0.05, 0) is 48.5 Å². The van der Waals surface area contributed by atoms with Crippen molar-refractivity contribution in [3.05, 3.63) is 77.8 Å². The number of hydrogen-bond donors (Lipinski definition) is 2. The van der Waals surface area contributed by atoms with Crippen molar-refractivity contribution >= 4 is 50.5 Å². The predicted molar refractivity (Wildman–Crippen MR) is 131 cm³/mol. The summed E-state index contributed by atoms with van der Waals surface area (Å²) in [7, 11) is -2.41. The molecule has 34 heavy (non-hydrogen) atoms. The Kier molecular flexibility index (Phi) is 6.76. The van der Waals surface area contributed by atoms with Gasteiger partial charge in [0.1, 0.15) is 5.75 Å². The molecule has 0 spiro atoms. The Balaban J connectivity index is 1.42. The molecule has 0 aliphatic carbocycles. The first kappa shape index (κ1) is 23.6. The number of halogens is 1. The molecule has 3 aromatic rings. The fraction of sp³-hybridized carbons (Fsp3) is 0.167. The smallest absolute Gasteiger partial charge is 0.262 e. The number of rotatable bonds is 7. The Labute approximate surface area is 202 Å². The summed E-state index contributed by atoms with van der Waals surface area (Å²) in [6.45, 7) is 0.212. The number of anilines is 3. The standard InChI is InChI=1S/C24H22ClN3O5S/c1-33-22-9-5-3-7-20(22)27-34(31,32)18-12-10-17(11-13-18)26-24(30)16-14-23(29)28(15-16)21-8-4-2-6-19(21)25/h2-13,16,27H,14-15H2,1H3,(H,26,30)/t16-/m0/s1. The SMILES string of the molecule is COc1ccccc1NS(=O)(=O)c1ccc(NC(=O)[C@H]2CC(=O)N(c3ccccc3Cl)C2)cc1. The summed E-state index contributed by atoms with van der Waals surface area (Å²) in [5.41, 5.74) is 1.31. The molecule has 1 aliphatic heterocycles. The van der Waals surface area contributed by atoms with E-state index in [1.807, 2.05) is 0 Å². The highest BCUT2D eigenvalue weighted by Gasteiger charge is 2.36. The fourth-order valence-electron chi connectivity index (χ4n) is 3.68. The Morgan fingerprint density at radius 2 is 1.71 bits per heavy atom. The summed E-state index contributed by atoms with van der Waals surface area (Å²) in [5, 5.41) is 3.19. The molecule has 1 atom stereocenters. The first-order chi connectivity index (χ1) is 16.3. The van der Waals surface area contributed by atoms with Crippen LogP contribution in [0.25, 0.3) is 0 Å². The van der Waals surface area contributed by atoms with Crippen molar-refractivity contribution in [3.8, 4) is 5.75 Å². The highest BCUT2D eigenvalue weighted by Crippen LogP contribution is 2.31. The first-order valence-electron chi connectivity index (χ1n) is 10.4. The number of amides is 2. The number of nitrogens with zero attached hydrogens (tertiary/aromatic N) is 1. The maximum Gasteiger partial charge on any atom is 0.262 e. The van der Waals surface area contributed by atoms with E-state index in [4.69, 9.17) is 16.3 Å². The molecule has 2 amide bonds. The van der Waals surface area contributed by atoms with Crippen molar-refractivity contribution in [2.45, 2.75) is 11.3 Å². The summed E-state index contributed by atoms with van der Waals surface area (Å²) in [4.78, 5) is 26.7. The monoisotopic (exact) mass is 499 g/mol. The second kappa shape index (κ2) is 9.74. The number of hydrogen-bond acceptors (Lipinski definition) is 5. The lowest BCUT2D eigenvalue weighted by Gasteiger charge is -2.18. The average Bonchev–Trinajstić information content (AvgIpc) is 3.21. The van der Waals surface area contributed by atoms with Crippen molar-refractivity contribution in [2.24, 2.45) is 5.92 Å². The molecule has 0 radical (unpaired) electrons. The van der Waals surface area contributed by atoms with Crippen LogP contribution in [0.1, 0.15) is 6.42 Å². The topological polar surface area (TPSA) is 105 Å². The first-order valence-corrected chi connectivity index (χ1v) is 12.3. The van der Waals surface area contributed by atoms with Crippen LogP contribution >= 0.6 is 11.6 Å². The second-order valence-electron chi connectivity index (χ2n) is 7.68. The van der Waals surface area contributed by atoms with Crippen LogP contribution in [0.3, 0.4) is 0 Å². The number of carbonyl (C=O) groups is 2. The third kappa shape index (κ3) is 5.00. The number of methoxy groups -OCH3 is 1. The summed E-state index contributed by atoms with van der Waals surface area (Å²) >= 11 is 6.19. The molecule has 1 aliphatic rings. The van der Waals surface area contributed by atoms with Crippen molar-refractivity contribution in [2.75, 3.05) is 28.6 Å². The number of benzene rings is 3. The molecular formula is C24H22ClN3O5S. The molecule has 0 aromatic heterocycles. The summed E-state index contributed by atoms with van der Waals surface area (Å²) < 4.78 is 33.2. The van der Waals surface area contributed by atoms with Crippen molar-refractivity contribution < 1.29 is 22.7 Å². The highest BCUT2D eigenvalue weighted by molar-refractivity contribution is 7.92. The van der Waals surface area contributed by atoms with Gasteiger partial charge >= 0.3 is 0 Å². The fourth-order valence-corrected chi connectivity index (χ4v) is 4.99. The summed E-state index contributed by atoms with van der Waals surface area (Å²) in [6.07, 6.45) is 0.0619. The van der Waals surface area contributed by atoms with E-state index in [2.05, 4.69) is 10.0 Å². The van der Waals surface area contributed by atoms with Gasteiger partial charge in [0.15, 0.2) is 0 Å². The average molecular weight is 500 g/mol. The van der Waals surface area contributed by atoms with E-state index in [-0.39, 0.29) is 29.7 Å². The molecule has 3 aromatic carbocycles. The van der Waals surface area contributed by atoms with Gasteiger partial charge < -0.3 is 15.0 Å². The van der Waals surface area contributed by atoms with Crippen molar-refractivity contribution in [1.82, 2.24) is 0 Å². The van der Waals surface area contributed by atoms with Crippen LogP contribution in [0, 0.1) is 5.92 Å². The molecule has 10 heteroatoms. The Hall–Kier alpha value is -3.56. The van der Waals surface area contributed by atoms with Crippen molar-refractivity contribution in [1.29, 1.82) is 0 Å². The van der Waals surface area contributed by atoms with Gasteiger partial charge in [-0.2, -0.15) is 0 Å². The molecule has 0 unspecified atom stereocenters. The molecule has 0 bridgehead atoms. The maximum absolute atomic E-state index is 12.7. The molecule has 1 heterocycles. The van der Waals surface area contributed by atoms with Gasteiger partial charge in [-0.25, -0.2) is 8.42 Å². The number of sulfonamides is 1. The van der Waals surface area contributed by atoms with Crippen LogP contribution in [-0.4, -0.2) is 33.9 Å². The number of ether oxygens (including phenoxy) is 1. The molecule has 2 N–H and O–H groups in total. The highest BCUT2D eigenvalue weighted by atomic mass is 35.5. The third-order valence-corrected chi connectivity index (χ3v) is 7.12. The zero-order valence-corrected chi connectivity index (χ0v) is 19.8. The quantitative estimate of drug-likeness (QED) is 0.508. The largest absolute Gasteiger partial charge is 0.495 e. The van der Waals surface area contributed by atoms with Gasteiger partial charge in [0, 0.05) is 18.7 Å². The Morgan fingerprint density at radius 1 is 1.03 bits per heavy atom. The van der Waals surface area contributed by atoms with Gasteiger partial charge in [0.05, 0.1) is 34.3 Å². The van der Waals surface area contributed by atoms with E-state index >= 15 is 0 Å². The van der Waals surface area contributed by atoms with Crippen LogP contribution in [0.2, 0.25) is 5.02 Å². The molecule has 1 fully saturated rings. The Bertz CT molecular complexity index is 1330. The normalized spacial score (nSPS) is 15.8. The molecule has 1 saturated heterocycles. The zero-order chi connectivity index (χ0) is 24.3. The van der Waals surface area contributed by atoms with E-state index in [1.165, 1.54) is 36.3 Å². The van der Waals surface area contributed by atoms with E-state index in [9.17, 15) is 18.0 Å². The molecule has 8 nitrogen and oxygen atoms in total. The van der Waals surface area contributed by atoms with Gasteiger partial charge in [-0.15, -0.1) is 0 Å². The summed E-state index contributed by atoms with van der Waals surface area (Å²) in [5.74, 6) is -0.672. The van der Waals surface area contributed by atoms with Crippen molar-refractivity contribution in [3.63, 3.8) is 0 Å². The lowest BCUT2D eigenvalue weighted by atomic mass is 10.1. The minimum Gasteiger partial charge on any atom is -0.495 e. The van der Waals surface area contributed by atoms with Gasteiger partial charge in [-0.1, -0.05) is 35.9 Å². The van der Waals surface area contributed by atoms with Gasteiger partial charge in [-0.3, -0.25) is 14.3 Å². The second-order valence-corrected chi connectivity index (χ2v) is 9.77. The van der Waals surface area contributed by atoms with E-state index in [0.717, 1.165) is 0 Å². The molecular weight excluding hydrogens is 478 g/mol. The minimum absolute atomic E-state index is 0.0253. The molecule has 4 rings (SSSR count). The van der Waals surface area contributed by atoms with Gasteiger partial charge in [0.25, 0.3) is 10.0 Å². The Morgan fingerprint density at radius 3 is 2.41 bits per heavy atom. The van der Waals surface area contributed by atoms with E-state index < -0.39 is 15.9 Å². The lowest BCUT2D eigenvalue weighted by molar-refractivity contribution is -0.122.